The number of esters is 1. The molecule has 1 aliphatic heterocycles. The molecule has 0 aliphatic carbocycles. The molecule has 1 saturated heterocycles. The molecule has 2 heteroatoms. The molecule has 0 N–H and O–H groups in total. The van der Waals surface area contributed by atoms with Crippen LogP contribution >= 0.6 is 0 Å². The monoisotopic (exact) mass is 114 g/mol. The summed E-state index contributed by atoms with van der Waals surface area (Å²) in [5, 5.41) is 0. The van der Waals surface area contributed by atoms with Crippen LogP contribution in [0.15, 0.2) is 0 Å². The van der Waals surface area contributed by atoms with Crippen LogP contribution in [-0.2, 0) is 9.53 Å². The highest BCUT2D eigenvalue weighted by Gasteiger charge is 2.27. The summed E-state index contributed by atoms with van der Waals surface area (Å²) in [6, 6.07) is 0. The summed E-state index contributed by atoms with van der Waals surface area (Å²) < 4.78 is 4.83. The van der Waals surface area contributed by atoms with Gasteiger partial charge in [0.25, 0.3) is 0 Å². The van der Waals surface area contributed by atoms with Gasteiger partial charge in [-0.3, -0.25) is 4.79 Å². The molecule has 0 spiro atoms. The number of ether oxygens (including phenoxy) is 1. The van der Waals surface area contributed by atoms with E-state index in [1.165, 1.54) is 0 Å². The minimum atomic E-state index is -0.0440. The van der Waals surface area contributed by atoms with Crippen molar-refractivity contribution in [2.24, 2.45) is 5.92 Å². The van der Waals surface area contributed by atoms with Crippen LogP contribution in [0.4, 0.5) is 0 Å². The second-order valence-corrected chi connectivity index (χ2v) is 2.38. The Morgan fingerprint density at radius 1 is 1.62 bits per heavy atom. The van der Waals surface area contributed by atoms with Gasteiger partial charge >= 0.3 is 5.97 Å². The summed E-state index contributed by atoms with van der Waals surface area (Å²) >= 11 is 0. The molecule has 1 heterocycles. The van der Waals surface area contributed by atoms with Gasteiger partial charge in [0.05, 0.1) is 12.0 Å². The molecule has 46 valence electrons. The number of hydrogen-bond donors (Lipinski definition) is 0. The van der Waals surface area contributed by atoms with Crippen molar-refractivity contribution in [2.45, 2.75) is 26.4 Å². The van der Waals surface area contributed by atoms with E-state index in [-0.39, 0.29) is 18.0 Å². The van der Waals surface area contributed by atoms with Crippen LogP contribution < -0.4 is 0 Å². The standard InChI is InChI=1S/C6H10O2/c1-4-3-5(2)8-6(4)7/h4-5H,3H2,1-2H3/t4-,5?/m0/s1. The molecule has 1 unspecified atom stereocenters. The van der Waals surface area contributed by atoms with Crippen molar-refractivity contribution in [2.75, 3.05) is 0 Å². The second kappa shape index (κ2) is 1.77. The highest BCUT2D eigenvalue weighted by Crippen LogP contribution is 2.18. The topological polar surface area (TPSA) is 26.3 Å². The van der Waals surface area contributed by atoms with Crippen molar-refractivity contribution in [3.63, 3.8) is 0 Å². The van der Waals surface area contributed by atoms with Crippen molar-refractivity contribution < 1.29 is 9.53 Å². The summed E-state index contributed by atoms with van der Waals surface area (Å²) in [5.74, 6) is 0.0856. The molecule has 2 nitrogen and oxygen atoms in total. The van der Waals surface area contributed by atoms with Crippen LogP contribution in [0.2, 0.25) is 0 Å². The minimum Gasteiger partial charge on any atom is -0.462 e. The minimum absolute atomic E-state index is 0.0440. The molecule has 1 aliphatic rings. The van der Waals surface area contributed by atoms with E-state index in [1.807, 2.05) is 13.8 Å². The molecule has 2 atom stereocenters. The average molecular weight is 114 g/mol. The Labute approximate surface area is 48.8 Å². The summed E-state index contributed by atoms with van der Waals surface area (Å²) in [4.78, 5) is 10.6. The first-order chi connectivity index (χ1) is 3.70. The van der Waals surface area contributed by atoms with Crippen molar-refractivity contribution in [3.8, 4) is 0 Å². The normalized spacial score (nSPS) is 37.5. The van der Waals surface area contributed by atoms with Crippen LogP contribution in [-0.4, -0.2) is 12.1 Å². The Hall–Kier alpha value is -0.530. The molecule has 0 aromatic carbocycles. The fraction of sp³-hybridized carbons (Fsp3) is 0.833. The largest absolute Gasteiger partial charge is 0.462 e. The summed E-state index contributed by atoms with van der Waals surface area (Å²) in [6.45, 7) is 3.81. The van der Waals surface area contributed by atoms with Gasteiger partial charge in [-0.2, -0.15) is 0 Å². The Morgan fingerprint density at radius 3 is 2.38 bits per heavy atom. The SMILES string of the molecule is CC1C[C@H](C)C(=O)O1. The molecule has 8 heavy (non-hydrogen) atoms. The zero-order chi connectivity index (χ0) is 6.15. The highest BCUT2D eigenvalue weighted by molar-refractivity contribution is 5.73. The van der Waals surface area contributed by atoms with E-state index in [4.69, 9.17) is 4.74 Å². The lowest BCUT2D eigenvalue weighted by molar-refractivity contribution is -0.143. The Morgan fingerprint density at radius 2 is 2.25 bits per heavy atom. The maximum absolute atomic E-state index is 10.6. The van der Waals surface area contributed by atoms with Crippen molar-refractivity contribution in [3.05, 3.63) is 0 Å². The fourth-order valence-corrected chi connectivity index (χ4v) is 0.957. The second-order valence-electron chi connectivity index (χ2n) is 2.38. The molecule has 0 aromatic heterocycles. The Bertz CT molecular complexity index is 109. The summed E-state index contributed by atoms with van der Waals surface area (Å²) in [7, 11) is 0. The maximum atomic E-state index is 10.6. The van der Waals surface area contributed by atoms with E-state index < -0.39 is 0 Å². The third-order valence-electron chi connectivity index (χ3n) is 1.41. The van der Waals surface area contributed by atoms with Crippen LogP contribution in [0.5, 0.6) is 0 Å². The van der Waals surface area contributed by atoms with Gasteiger partial charge in [0.15, 0.2) is 0 Å². The van der Waals surface area contributed by atoms with Gasteiger partial charge in [-0.25, -0.2) is 0 Å². The first-order valence-corrected chi connectivity index (χ1v) is 2.90. The predicted molar refractivity (Wildman–Crippen MR) is 29.3 cm³/mol. The molecular weight excluding hydrogens is 104 g/mol. The van der Waals surface area contributed by atoms with Crippen LogP contribution in [0, 0.1) is 5.92 Å². The average Bonchev–Trinajstić information content (AvgIpc) is 1.85. The first-order valence-electron chi connectivity index (χ1n) is 2.90. The van der Waals surface area contributed by atoms with E-state index in [2.05, 4.69) is 0 Å². The number of carbonyl (C=O) groups is 1. The van der Waals surface area contributed by atoms with Crippen molar-refractivity contribution in [1.29, 1.82) is 0 Å². The number of hydrogen-bond acceptors (Lipinski definition) is 2. The fourth-order valence-electron chi connectivity index (χ4n) is 0.957. The lowest BCUT2D eigenvalue weighted by atomic mass is 10.1. The van der Waals surface area contributed by atoms with Gasteiger partial charge in [0.1, 0.15) is 0 Å². The molecule has 0 saturated carbocycles. The van der Waals surface area contributed by atoms with Crippen LogP contribution in [0.3, 0.4) is 0 Å². The maximum Gasteiger partial charge on any atom is 0.309 e. The quantitative estimate of drug-likeness (QED) is 0.438. The van der Waals surface area contributed by atoms with Gasteiger partial charge < -0.3 is 4.74 Å². The number of carbonyl (C=O) groups excluding carboxylic acids is 1. The van der Waals surface area contributed by atoms with Gasteiger partial charge in [-0.1, -0.05) is 6.92 Å². The third kappa shape index (κ3) is 0.831. The molecule has 0 bridgehead atoms. The predicted octanol–water partition coefficient (Wildman–Crippen LogP) is 0.958. The lowest BCUT2D eigenvalue weighted by Gasteiger charge is -1.95. The smallest absolute Gasteiger partial charge is 0.309 e. The first kappa shape index (κ1) is 5.60. The van der Waals surface area contributed by atoms with Gasteiger partial charge in [-0.05, 0) is 13.3 Å². The lowest BCUT2D eigenvalue weighted by Crippen LogP contribution is -2.02. The molecule has 1 fully saturated rings. The Balaban J connectivity index is 2.51. The molecule has 1 rings (SSSR count). The molecule has 0 aromatic rings. The Kier molecular flexibility index (Phi) is 1.24. The van der Waals surface area contributed by atoms with Gasteiger partial charge in [0.2, 0.25) is 0 Å². The zero-order valence-electron chi connectivity index (χ0n) is 5.18. The summed E-state index contributed by atoms with van der Waals surface area (Å²) in [5.41, 5.74) is 0. The van der Waals surface area contributed by atoms with Gasteiger partial charge in [-0.15, -0.1) is 0 Å². The van der Waals surface area contributed by atoms with Crippen molar-refractivity contribution >= 4 is 5.97 Å². The van der Waals surface area contributed by atoms with Crippen LogP contribution in [0.25, 0.3) is 0 Å². The van der Waals surface area contributed by atoms with E-state index >= 15 is 0 Å². The van der Waals surface area contributed by atoms with Crippen molar-refractivity contribution in [1.82, 2.24) is 0 Å². The summed E-state index contributed by atoms with van der Waals surface area (Å²) in [6.07, 6.45) is 1.04. The van der Waals surface area contributed by atoms with E-state index in [9.17, 15) is 4.79 Å². The number of cyclic esters (lactones) is 1. The molecule has 0 radical (unpaired) electrons. The molecule has 0 amide bonds. The van der Waals surface area contributed by atoms with E-state index in [0.29, 0.717) is 0 Å². The van der Waals surface area contributed by atoms with Gasteiger partial charge in [0, 0.05) is 0 Å². The van der Waals surface area contributed by atoms with Crippen LogP contribution in [0.1, 0.15) is 20.3 Å². The number of rotatable bonds is 0. The van der Waals surface area contributed by atoms with E-state index in [1.54, 1.807) is 0 Å². The molecular formula is C6H10O2. The van der Waals surface area contributed by atoms with E-state index in [0.717, 1.165) is 6.42 Å². The zero-order valence-corrected chi connectivity index (χ0v) is 5.18. The third-order valence-corrected chi connectivity index (χ3v) is 1.41. The highest BCUT2D eigenvalue weighted by atomic mass is 16.5.